The highest BCUT2D eigenvalue weighted by molar-refractivity contribution is 5.49. The Balaban J connectivity index is 2.05. The Morgan fingerprint density at radius 2 is 1.75 bits per heavy atom. The van der Waals surface area contributed by atoms with Gasteiger partial charge >= 0.3 is 0 Å². The highest BCUT2D eigenvalue weighted by Gasteiger charge is 2.00. The molecule has 4 nitrogen and oxygen atoms in total. The third-order valence-corrected chi connectivity index (χ3v) is 2.29. The Hall–Kier alpha value is -2.23. The summed E-state index contributed by atoms with van der Waals surface area (Å²) in [6.07, 6.45) is 0. The van der Waals surface area contributed by atoms with Crippen molar-refractivity contribution in [2.24, 2.45) is 0 Å². The lowest BCUT2D eigenvalue weighted by Gasteiger charge is -2.08. The van der Waals surface area contributed by atoms with Crippen molar-refractivity contribution in [2.45, 2.75) is 6.54 Å². The fourth-order valence-electron chi connectivity index (χ4n) is 1.42. The summed E-state index contributed by atoms with van der Waals surface area (Å²) in [5, 5.41) is 3.26. The zero-order valence-electron chi connectivity index (χ0n) is 8.85. The second-order valence-corrected chi connectivity index (χ2v) is 3.50. The number of pyridine rings is 1. The van der Waals surface area contributed by atoms with Crippen LogP contribution < -0.4 is 16.8 Å². The molecule has 5 N–H and O–H groups in total. The minimum absolute atomic E-state index is 0.445. The fourth-order valence-corrected chi connectivity index (χ4v) is 1.42. The highest BCUT2D eigenvalue weighted by Crippen LogP contribution is 2.13. The first-order chi connectivity index (χ1) is 7.75. The number of hydrogen-bond acceptors (Lipinski definition) is 4. The lowest BCUT2D eigenvalue weighted by molar-refractivity contribution is 1.12. The first kappa shape index (κ1) is 10.3. The molecule has 1 heterocycles. The summed E-state index contributed by atoms with van der Waals surface area (Å²) >= 11 is 0. The lowest BCUT2D eigenvalue weighted by atomic mass is 10.2. The summed E-state index contributed by atoms with van der Waals surface area (Å²) < 4.78 is 0. The SMILES string of the molecule is Nc1ccc(CNc2ccccc2)c(N)n1. The Bertz CT molecular complexity index is 468. The topological polar surface area (TPSA) is 77.0 Å². The van der Waals surface area contributed by atoms with Gasteiger partial charge in [0.2, 0.25) is 0 Å². The normalized spacial score (nSPS) is 10.0. The number of nitrogens with two attached hydrogens (primary N) is 2. The van der Waals surface area contributed by atoms with Crippen molar-refractivity contribution in [3.63, 3.8) is 0 Å². The second-order valence-electron chi connectivity index (χ2n) is 3.50. The number of hydrogen-bond donors (Lipinski definition) is 3. The Morgan fingerprint density at radius 1 is 1.00 bits per heavy atom. The van der Waals surface area contributed by atoms with Gasteiger partial charge < -0.3 is 16.8 Å². The van der Waals surface area contributed by atoms with E-state index in [0.29, 0.717) is 18.2 Å². The molecule has 1 aromatic heterocycles. The third kappa shape index (κ3) is 2.42. The Kier molecular flexibility index (Phi) is 2.91. The van der Waals surface area contributed by atoms with Gasteiger partial charge in [-0.15, -0.1) is 0 Å². The number of nitrogen functional groups attached to an aromatic ring is 2. The zero-order chi connectivity index (χ0) is 11.4. The number of aromatic nitrogens is 1. The summed E-state index contributed by atoms with van der Waals surface area (Å²) in [4.78, 5) is 4.00. The minimum atomic E-state index is 0.445. The Labute approximate surface area is 94.3 Å². The van der Waals surface area contributed by atoms with Crippen LogP contribution in [0.15, 0.2) is 42.5 Å². The first-order valence-corrected chi connectivity index (χ1v) is 5.05. The Morgan fingerprint density at radius 3 is 2.44 bits per heavy atom. The van der Waals surface area contributed by atoms with E-state index in [1.165, 1.54) is 0 Å². The van der Waals surface area contributed by atoms with Gasteiger partial charge in [-0.05, 0) is 24.3 Å². The maximum Gasteiger partial charge on any atom is 0.130 e. The van der Waals surface area contributed by atoms with Crippen LogP contribution in [0.5, 0.6) is 0 Å². The molecule has 0 aliphatic carbocycles. The van der Waals surface area contributed by atoms with Gasteiger partial charge in [-0.25, -0.2) is 4.98 Å². The molecule has 0 saturated heterocycles. The van der Waals surface area contributed by atoms with E-state index in [1.807, 2.05) is 36.4 Å². The van der Waals surface area contributed by atoms with Crippen molar-refractivity contribution in [3.8, 4) is 0 Å². The van der Waals surface area contributed by atoms with Gasteiger partial charge in [0.1, 0.15) is 11.6 Å². The van der Waals surface area contributed by atoms with E-state index in [4.69, 9.17) is 11.5 Å². The van der Waals surface area contributed by atoms with Crippen LogP contribution in [0.4, 0.5) is 17.3 Å². The molecule has 0 spiro atoms. The smallest absolute Gasteiger partial charge is 0.130 e. The third-order valence-electron chi connectivity index (χ3n) is 2.29. The van der Waals surface area contributed by atoms with Gasteiger partial charge in [0.25, 0.3) is 0 Å². The van der Waals surface area contributed by atoms with Crippen LogP contribution in [-0.4, -0.2) is 4.98 Å². The van der Waals surface area contributed by atoms with Gasteiger partial charge in [0, 0.05) is 17.8 Å². The molecule has 0 radical (unpaired) electrons. The maximum atomic E-state index is 5.75. The molecule has 0 saturated carbocycles. The van der Waals surface area contributed by atoms with E-state index < -0.39 is 0 Å². The van der Waals surface area contributed by atoms with E-state index >= 15 is 0 Å². The summed E-state index contributed by atoms with van der Waals surface area (Å²) in [6, 6.07) is 13.6. The molecule has 1 aromatic carbocycles. The van der Waals surface area contributed by atoms with Crippen molar-refractivity contribution in [3.05, 3.63) is 48.0 Å². The van der Waals surface area contributed by atoms with Gasteiger partial charge in [-0.1, -0.05) is 18.2 Å². The molecular formula is C12H14N4. The molecule has 0 aliphatic heterocycles. The van der Waals surface area contributed by atoms with Crippen LogP contribution in [0.1, 0.15) is 5.56 Å². The predicted molar refractivity (Wildman–Crippen MR) is 66.8 cm³/mol. The molecule has 0 unspecified atom stereocenters. The molecule has 2 rings (SSSR count). The van der Waals surface area contributed by atoms with Crippen LogP contribution in [0, 0.1) is 0 Å². The van der Waals surface area contributed by atoms with Crippen LogP contribution >= 0.6 is 0 Å². The first-order valence-electron chi connectivity index (χ1n) is 5.05. The standard InChI is InChI=1S/C12H14N4/c13-11-7-6-9(12(14)16-11)8-15-10-4-2-1-3-5-10/h1-7,15H,8H2,(H4,13,14,16). The van der Waals surface area contributed by atoms with Gasteiger partial charge in [-0.2, -0.15) is 0 Å². The summed E-state index contributed by atoms with van der Waals surface area (Å²) in [7, 11) is 0. The molecule has 4 heteroatoms. The van der Waals surface area contributed by atoms with Crippen molar-refractivity contribution in [1.82, 2.24) is 4.98 Å². The van der Waals surface area contributed by atoms with E-state index in [2.05, 4.69) is 10.3 Å². The molecule has 16 heavy (non-hydrogen) atoms. The molecule has 0 atom stereocenters. The number of benzene rings is 1. The molecule has 0 bridgehead atoms. The number of rotatable bonds is 3. The largest absolute Gasteiger partial charge is 0.384 e. The van der Waals surface area contributed by atoms with Gasteiger partial charge in [0.05, 0.1) is 0 Å². The maximum absolute atomic E-state index is 5.75. The molecule has 0 amide bonds. The summed E-state index contributed by atoms with van der Waals surface area (Å²) in [5.41, 5.74) is 13.3. The minimum Gasteiger partial charge on any atom is -0.384 e. The molecular weight excluding hydrogens is 200 g/mol. The monoisotopic (exact) mass is 214 g/mol. The average Bonchev–Trinajstić information content (AvgIpc) is 2.29. The zero-order valence-corrected chi connectivity index (χ0v) is 8.85. The van der Waals surface area contributed by atoms with E-state index in [9.17, 15) is 0 Å². The van der Waals surface area contributed by atoms with E-state index in [0.717, 1.165) is 11.3 Å². The molecule has 0 fully saturated rings. The predicted octanol–water partition coefficient (Wildman–Crippen LogP) is 1.86. The van der Waals surface area contributed by atoms with Gasteiger partial charge in [-0.3, -0.25) is 0 Å². The molecule has 0 aliphatic rings. The van der Waals surface area contributed by atoms with Crippen LogP contribution in [0.3, 0.4) is 0 Å². The van der Waals surface area contributed by atoms with Crippen molar-refractivity contribution < 1.29 is 0 Å². The fraction of sp³-hybridized carbons (Fsp3) is 0.0833. The molecule has 2 aromatic rings. The van der Waals surface area contributed by atoms with Crippen LogP contribution in [0.25, 0.3) is 0 Å². The number of nitrogens with one attached hydrogen (secondary N) is 1. The van der Waals surface area contributed by atoms with Crippen LogP contribution in [0.2, 0.25) is 0 Å². The van der Waals surface area contributed by atoms with Gasteiger partial charge in [0.15, 0.2) is 0 Å². The second kappa shape index (κ2) is 4.53. The van der Waals surface area contributed by atoms with Crippen LogP contribution in [-0.2, 0) is 6.54 Å². The lowest BCUT2D eigenvalue weighted by Crippen LogP contribution is -2.05. The van der Waals surface area contributed by atoms with Crippen molar-refractivity contribution in [1.29, 1.82) is 0 Å². The summed E-state index contributed by atoms with van der Waals surface area (Å²) in [5.74, 6) is 0.921. The van der Waals surface area contributed by atoms with Crippen molar-refractivity contribution >= 4 is 17.3 Å². The molecule has 82 valence electrons. The number of anilines is 3. The highest BCUT2D eigenvalue weighted by atomic mass is 14.9. The number of nitrogens with zero attached hydrogens (tertiary/aromatic N) is 1. The summed E-state index contributed by atoms with van der Waals surface area (Å²) in [6.45, 7) is 0.642. The van der Waals surface area contributed by atoms with E-state index in [-0.39, 0.29) is 0 Å². The van der Waals surface area contributed by atoms with E-state index in [1.54, 1.807) is 6.07 Å². The average molecular weight is 214 g/mol. The van der Waals surface area contributed by atoms with Crippen molar-refractivity contribution in [2.75, 3.05) is 16.8 Å². The quantitative estimate of drug-likeness (QED) is 0.728. The number of para-hydroxylation sites is 1.